The fourth-order valence-corrected chi connectivity index (χ4v) is 3.01. The second-order valence-corrected chi connectivity index (χ2v) is 6.48. The van der Waals surface area contributed by atoms with Crippen molar-refractivity contribution in [2.24, 2.45) is 0 Å². The van der Waals surface area contributed by atoms with Crippen LogP contribution in [0.2, 0.25) is 0 Å². The number of carbonyl (C=O) groups excluding carboxylic acids is 2. The number of piperazine rings is 1. The molecule has 5 heteroatoms. The molecule has 25 heavy (non-hydrogen) atoms. The molecule has 0 atom stereocenters. The molecule has 0 spiro atoms. The number of aryl methyl sites for hydroxylation is 2. The molecule has 0 N–H and O–H groups in total. The Hall–Kier alpha value is -2.69. The second-order valence-electron chi connectivity index (χ2n) is 6.48. The van der Waals surface area contributed by atoms with E-state index in [0.717, 1.165) is 5.56 Å². The zero-order valence-corrected chi connectivity index (χ0v) is 14.7. The lowest BCUT2D eigenvalue weighted by molar-refractivity contribution is -0.131. The van der Waals surface area contributed by atoms with Crippen molar-refractivity contribution in [2.45, 2.75) is 20.3 Å². The molecule has 0 bridgehead atoms. The van der Waals surface area contributed by atoms with Crippen molar-refractivity contribution in [1.82, 2.24) is 14.8 Å². The predicted octanol–water partition coefficient (Wildman–Crippen LogP) is 2.23. The summed E-state index contributed by atoms with van der Waals surface area (Å²) in [4.78, 5) is 32.6. The van der Waals surface area contributed by atoms with E-state index >= 15 is 0 Å². The van der Waals surface area contributed by atoms with E-state index in [4.69, 9.17) is 0 Å². The summed E-state index contributed by atoms with van der Waals surface area (Å²) >= 11 is 0. The summed E-state index contributed by atoms with van der Waals surface area (Å²) in [5.41, 5.74) is 3.94. The number of hydrogen-bond acceptors (Lipinski definition) is 3. The summed E-state index contributed by atoms with van der Waals surface area (Å²) in [6.07, 6.45) is 2.03. The molecule has 2 amide bonds. The number of nitrogens with zero attached hydrogens (tertiary/aromatic N) is 3. The van der Waals surface area contributed by atoms with Crippen LogP contribution in [0.25, 0.3) is 0 Å². The summed E-state index contributed by atoms with van der Waals surface area (Å²) in [5, 5.41) is 0. The number of amides is 2. The topological polar surface area (TPSA) is 53.5 Å². The Balaban J connectivity index is 1.55. The molecule has 0 saturated carbocycles. The van der Waals surface area contributed by atoms with E-state index in [-0.39, 0.29) is 11.8 Å². The molecule has 1 aromatic carbocycles. The highest BCUT2D eigenvalue weighted by Crippen LogP contribution is 2.13. The van der Waals surface area contributed by atoms with Crippen molar-refractivity contribution < 1.29 is 9.59 Å². The van der Waals surface area contributed by atoms with Gasteiger partial charge in [-0.05, 0) is 42.7 Å². The summed E-state index contributed by atoms with van der Waals surface area (Å²) in [7, 11) is 0. The van der Waals surface area contributed by atoms with Crippen molar-refractivity contribution in [2.75, 3.05) is 26.2 Å². The minimum Gasteiger partial charge on any atom is -0.339 e. The minimum atomic E-state index is -0.0677. The normalized spacial score (nSPS) is 14.5. The van der Waals surface area contributed by atoms with Crippen molar-refractivity contribution in [3.05, 3.63) is 65.0 Å². The van der Waals surface area contributed by atoms with Crippen LogP contribution >= 0.6 is 0 Å². The third-order valence-corrected chi connectivity index (χ3v) is 4.73. The average molecular weight is 337 g/mol. The van der Waals surface area contributed by atoms with E-state index in [1.807, 2.05) is 17.0 Å². The Labute approximate surface area is 148 Å². The number of aromatic nitrogens is 1. The number of benzene rings is 1. The number of hydrogen-bond donors (Lipinski definition) is 0. The highest BCUT2D eigenvalue weighted by atomic mass is 16.2. The molecule has 0 aliphatic carbocycles. The van der Waals surface area contributed by atoms with Crippen molar-refractivity contribution in [1.29, 1.82) is 0 Å². The monoisotopic (exact) mass is 337 g/mol. The fraction of sp³-hybridized carbons (Fsp3) is 0.350. The zero-order valence-electron chi connectivity index (χ0n) is 14.7. The molecule has 2 heterocycles. The van der Waals surface area contributed by atoms with Crippen LogP contribution in [0.4, 0.5) is 0 Å². The Morgan fingerprint density at radius 3 is 2.32 bits per heavy atom. The largest absolute Gasteiger partial charge is 0.339 e. The molecule has 5 nitrogen and oxygen atoms in total. The molecule has 2 aromatic rings. The van der Waals surface area contributed by atoms with Crippen LogP contribution in [0, 0.1) is 13.8 Å². The van der Waals surface area contributed by atoms with Crippen LogP contribution in [-0.2, 0) is 11.2 Å². The Kier molecular flexibility index (Phi) is 5.12. The van der Waals surface area contributed by atoms with E-state index in [0.29, 0.717) is 38.3 Å². The first-order valence-corrected chi connectivity index (χ1v) is 8.59. The molecule has 1 aromatic heterocycles. The van der Waals surface area contributed by atoms with Gasteiger partial charge in [-0.25, -0.2) is 0 Å². The van der Waals surface area contributed by atoms with Gasteiger partial charge in [-0.3, -0.25) is 14.6 Å². The highest BCUT2D eigenvalue weighted by Gasteiger charge is 2.25. The van der Waals surface area contributed by atoms with E-state index in [2.05, 4.69) is 31.0 Å². The maximum absolute atomic E-state index is 12.5. The second kappa shape index (κ2) is 7.47. The maximum atomic E-state index is 12.5. The van der Waals surface area contributed by atoms with Gasteiger partial charge in [0.1, 0.15) is 5.69 Å². The average Bonchev–Trinajstić information content (AvgIpc) is 2.65. The van der Waals surface area contributed by atoms with Crippen LogP contribution in [0.1, 0.15) is 27.2 Å². The quantitative estimate of drug-likeness (QED) is 0.863. The summed E-state index contributed by atoms with van der Waals surface area (Å²) in [6, 6.07) is 11.5. The Morgan fingerprint density at radius 1 is 0.960 bits per heavy atom. The molecule has 3 rings (SSSR count). The van der Waals surface area contributed by atoms with Gasteiger partial charge >= 0.3 is 0 Å². The number of rotatable bonds is 3. The summed E-state index contributed by atoms with van der Waals surface area (Å²) in [6.45, 7) is 6.37. The van der Waals surface area contributed by atoms with Crippen LogP contribution in [0.15, 0.2) is 42.6 Å². The molecule has 130 valence electrons. The van der Waals surface area contributed by atoms with Gasteiger partial charge in [-0.15, -0.1) is 0 Å². The molecule has 0 radical (unpaired) electrons. The molecule has 1 fully saturated rings. The van der Waals surface area contributed by atoms with Gasteiger partial charge in [-0.1, -0.05) is 24.3 Å². The standard InChI is InChI=1S/C20H23N3O2/c1-15-6-7-17(13-16(15)2)14-19(24)22-9-11-23(12-10-22)20(25)18-5-3-4-8-21-18/h3-8,13H,9-12,14H2,1-2H3. The van der Waals surface area contributed by atoms with Crippen molar-refractivity contribution in [3.63, 3.8) is 0 Å². The third-order valence-electron chi connectivity index (χ3n) is 4.73. The van der Waals surface area contributed by atoms with Crippen LogP contribution in [0.3, 0.4) is 0 Å². The summed E-state index contributed by atoms with van der Waals surface area (Å²) in [5.74, 6) is 0.0510. The van der Waals surface area contributed by atoms with E-state index in [9.17, 15) is 9.59 Å². The van der Waals surface area contributed by atoms with Crippen molar-refractivity contribution in [3.8, 4) is 0 Å². The van der Waals surface area contributed by atoms with Crippen LogP contribution in [0.5, 0.6) is 0 Å². The lowest BCUT2D eigenvalue weighted by Gasteiger charge is -2.34. The molecule has 0 unspecified atom stereocenters. The molecule has 1 aliphatic rings. The fourth-order valence-electron chi connectivity index (χ4n) is 3.01. The lowest BCUT2D eigenvalue weighted by atomic mass is 10.0. The van der Waals surface area contributed by atoms with Gasteiger partial charge in [0.15, 0.2) is 0 Å². The van der Waals surface area contributed by atoms with Gasteiger partial charge < -0.3 is 9.80 Å². The lowest BCUT2D eigenvalue weighted by Crippen LogP contribution is -2.51. The third kappa shape index (κ3) is 4.05. The minimum absolute atomic E-state index is 0.0677. The molecule has 1 saturated heterocycles. The first-order chi connectivity index (χ1) is 12.0. The predicted molar refractivity (Wildman–Crippen MR) is 96.3 cm³/mol. The molecular formula is C20H23N3O2. The van der Waals surface area contributed by atoms with Crippen LogP contribution < -0.4 is 0 Å². The van der Waals surface area contributed by atoms with Gasteiger partial charge in [0, 0.05) is 32.4 Å². The number of carbonyl (C=O) groups is 2. The van der Waals surface area contributed by atoms with E-state index in [1.54, 1.807) is 23.2 Å². The van der Waals surface area contributed by atoms with Crippen molar-refractivity contribution >= 4 is 11.8 Å². The van der Waals surface area contributed by atoms with E-state index in [1.165, 1.54) is 11.1 Å². The van der Waals surface area contributed by atoms with Crippen LogP contribution in [-0.4, -0.2) is 52.8 Å². The van der Waals surface area contributed by atoms with Gasteiger partial charge in [0.25, 0.3) is 5.91 Å². The Morgan fingerprint density at radius 2 is 1.68 bits per heavy atom. The maximum Gasteiger partial charge on any atom is 0.272 e. The highest BCUT2D eigenvalue weighted by molar-refractivity contribution is 5.92. The first-order valence-electron chi connectivity index (χ1n) is 8.59. The SMILES string of the molecule is Cc1ccc(CC(=O)N2CCN(C(=O)c3ccccn3)CC2)cc1C. The van der Waals surface area contributed by atoms with Gasteiger partial charge in [0.05, 0.1) is 6.42 Å². The van der Waals surface area contributed by atoms with Gasteiger partial charge in [-0.2, -0.15) is 0 Å². The Bertz CT molecular complexity index is 766. The number of pyridine rings is 1. The van der Waals surface area contributed by atoms with Gasteiger partial charge in [0.2, 0.25) is 5.91 Å². The summed E-state index contributed by atoms with van der Waals surface area (Å²) < 4.78 is 0. The molecular weight excluding hydrogens is 314 g/mol. The smallest absolute Gasteiger partial charge is 0.272 e. The van der Waals surface area contributed by atoms with E-state index < -0.39 is 0 Å². The zero-order chi connectivity index (χ0) is 17.8. The first kappa shape index (κ1) is 17.1. The molecule has 1 aliphatic heterocycles.